The van der Waals surface area contributed by atoms with Crippen LogP contribution in [0.3, 0.4) is 0 Å². The zero-order valence-electron chi connectivity index (χ0n) is 16.5. The average Bonchev–Trinajstić information content (AvgIpc) is 2.68. The molecule has 156 valence electrons. The number of rotatable bonds is 6. The molecule has 2 aromatic carbocycles. The highest BCUT2D eigenvalue weighted by Gasteiger charge is 2.29. The van der Waals surface area contributed by atoms with Gasteiger partial charge in [-0.1, -0.05) is 35.4 Å². The van der Waals surface area contributed by atoms with E-state index in [0.717, 1.165) is 5.56 Å². The maximum Gasteiger partial charge on any atom is 0.263 e. The second kappa shape index (κ2) is 9.15. The second-order valence-corrected chi connectivity index (χ2v) is 9.40. The van der Waals surface area contributed by atoms with Gasteiger partial charge in [-0.2, -0.15) is 0 Å². The van der Waals surface area contributed by atoms with Crippen molar-refractivity contribution in [3.05, 3.63) is 59.1 Å². The first kappa shape index (κ1) is 21.6. The Labute approximate surface area is 176 Å². The molecule has 1 amide bonds. The molecular formula is C21H25ClN2O4S. The molecule has 1 aliphatic rings. The fourth-order valence-electron chi connectivity index (χ4n) is 3.27. The summed E-state index contributed by atoms with van der Waals surface area (Å²) in [7, 11) is -3.57. The molecule has 0 aliphatic carbocycles. The summed E-state index contributed by atoms with van der Waals surface area (Å²) in [5, 5.41) is 0.545. The van der Waals surface area contributed by atoms with Gasteiger partial charge in [0.15, 0.2) is 6.10 Å². The lowest BCUT2D eigenvalue weighted by Gasteiger charge is -2.33. The number of halogens is 1. The molecule has 0 spiro atoms. The van der Waals surface area contributed by atoms with Gasteiger partial charge in [-0.05, 0) is 57.0 Å². The standard InChI is InChI=1S/C21H25ClN2O4S/c1-15-6-8-20(9-7-15)29(26,27)23-18-10-12-24(13-11-18)21(25)16(2)28-19-5-3-4-17(22)14-19/h3-9,14,16,18,23H,10-13H2,1-2H3/t16-/m0/s1. The summed E-state index contributed by atoms with van der Waals surface area (Å²) in [6.45, 7) is 4.56. The molecule has 1 heterocycles. The van der Waals surface area contributed by atoms with E-state index in [9.17, 15) is 13.2 Å². The number of piperidine rings is 1. The number of hydrogen-bond donors (Lipinski definition) is 1. The number of nitrogens with zero attached hydrogens (tertiary/aromatic N) is 1. The lowest BCUT2D eigenvalue weighted by molar-refractivity contribution is -0.139. The third-order valence-corrected chi connectivity index (χ3v) is 6.69. The van der Waals surface area contributed by atoms with E-state index in [2.05, 4.69) is 4.72 Å². The summed E-state index contributed by atoms with van der Waals surface area (Å²) in [6, 6.07) is 13.5. The van der Waals surface area contributed by atoms with Gasteiger partial charge in [0, 0.05) is 24.2 Å². The van der Waals surface area contributed by atoms with E-state index in [1.54, 1.807) is 60.4 Å². The van der Waals surface area contributed by atoms with Crippen molar-refractivity contribution in [2.45, 2.75) is 43.7 Å². The number of benzene rings is 2. The molecule has 29 heavy (non-hydrogen) atoms. The Morgan fingerprint density at radius 2 is 1.83 bits per heavy atom. The molecule has 2 aromatic rings. The van der Waals surface area contributed by atoms with Gasteiger partial charge < -0.3 is 9.64 Å². The van der Waals surface area contributed by atoms with E-state index >= 15 is 0 Å². The second-order valence-electron chi connectivity index (χ2n) is 7.25. The van der Waals surface area contributed by atoms with Crippen LogP contribution in [0.4, 0.5) is 0 Å². The number of aryl methyl sites for hydroxylation is 1. The van der Waals surface area contributed by atoms with Crippen molar-refractivity contribution in [1.82, 2.24) is 9.62 Å². The Morgan fingerprint density at radius 3 is 2.45 bits per heavy atom. The summed E-state index contributed by atoms with van der Waals surface area (Å²) >= 11 is 5.95. The van der Waals surface area contributed by atoms with Crippen LogP contribution in [0.25, 0.3) is 0 Å². The van der Waals surface area contributed by atoms with Gasteiger partial charge in [-0.25, -0.2) is 13.1 Å². The summed E-state index contributed by atoms with van der Waals surface area (Å²) in [4.78, 5) is 14.6. The van der Waals surface area contributed by atoms with Crippen LogP contribution in [0.2, 0.25) is 5.02 Å². The maximum atomic E-state index is 12.7. The highest BCUT2D eigenvalue weighted by Crippen LogP contribution is 2.20. The smallest absolute Gasteiger partial charge is 0.263 e. The average molecular weight is 437 g/mol. The molecule has 0 saturated carbocycles. The molecule has 1 saturated heterocycles. The highest BCUT2D eigenvalue weighted by molar-refractivity contribution is 7.89. The minimum Gasteiger partial charge on any atom is -0.481 e. The first-order chi connectivity index (χ1) is 13.7. The number of amides is 1. The lowest BCUT2D eigenvalue weighted by atomic mass is 10.1. The largest absolute Gasteiger partial charge is 0.481 e. The first-order valence-electron chi connectivity index (χ1n) is 9.54. The van der Waals surface area contributed by atoms with Crippen molar-refractivity contribution in [3.63, 3.8) is 0 Å². The van der Waals surface area contributed by atoms with Gasteiger partial charge in [0.2, 0.25) is 10.0 Å². The van der Waals surface area contributed by atoms with Crippen molar-refractivity contribution < 1.29 is 17.9 Å². The Hall–Kier alpha value is -2.09. The van der Waals surface area contributed by atoms with E-state index in [-0.39, 0.29) is 16.8 Å². The zero-order valence-corrected chi connectivity index (χ0v) is 18.0. The monoisotopic (exact) mass is 436 g/mol. The predicted octanol–water partition coefficient (Wildman–Crippen LogP) is 3.39. The van der Waals surface area contributed by atoms with Crippen molar-refractivity contribution in [2.75, 3.05) is 13.1 Å². The van der Waals surface area contributed by atoms with Crippen LogP contribution in [0.15, 0.2) is 53.4 Å². The van der Waals surface area contributed by atoms with Crippen LogP contribution in [-0.4, -0.2) is 44.5 Å². The molecule has 0 bridgehead atoms. The Balaban J connectivity index is 1.53. The third kappa shape index (κ3) is 5.72. The van der Waals surface area contributed by atoms with Crippen molar-refractivity contribution >= 4 is 27.5 Å². The number of nitrogens with one attached hydrogen (secondary N) is 1. The van der Waals surface area contributed by atoms with Crippen LogP contribution >= 0.6 is 11.6 Å². The molecule has 6 nitrogen and oxygen atoms in total. The third-order valence-electron chi connectivity index (χ3n) is 4.92. The van der Waals surface area contributed by atoms with Crippen molar-refractivity contribution in [3.8, 4) is 5.75 Å². The predicted molar refractivity (Wildman–Crippen MR) is 113 cm³/mol. The zero-order chi connectivity index (χ0) is 21.0. The normalized spacial score (nSPS) is 16.4. The number of ether oxygens (including phenoxy) is 1. The quantitative estimate of drug-likeness (QED) is 0.753. The minimum atomic E-state index is -3.57. The minimum absolute atomic E-state index is 0.121. The van der Waals surface area contributed by atoms with Crippen molar-refractivity contribution in [2.24, 2.45) is 0 Å². The van der Waals surface area contributed by atoms with E-state index in [1.165, 1.54) is 0 Å². The van der Waals surface area contributed by atoms with Gasteiger partial charge in [0.05, 0.1) is 4.90 Å². The van der Waals surface area contributed by atoms with E-state index in [4.69, 9.17) is 16.3 Å². The molecule has 0 aromatic heterocycles. The lowest BCUT2D eigenvalue weighted by Crippen LogP contribution is -2.49. The molecule has 8 heteroatoms. The summed E-state index contributed by atoms with van der Waals surface area (Å²) in [5.74, 6) is 0.420. The number of sulfonamides is 1. The highest BCUT2D eigenvalue weighted by atomic mass is 35.5. The molecule has 1 fully saturated rings. The van der Waals surface area contributed by atoms with Gasteiger partial charge in [0.1, 0.15) is 5.75 Å². The van der Waals surface area contributed by atoms with Crippen LogP contribution < -0.4 is 9.46 Å². The van der Waals surface area contributed by atoms with Crippen LogP contribution in [0.5, 0.6) is 5.75 Å². The van der Waals surface area contributed by atoms with Gasteiger partial charge in [0.25, 0.3) is 5.91 Å². The molecule has 1 atom stereocenters. The fraction of sp³-hybridized carbons (Fsp3) is 0.381. The fourth-order valence-corrected chi connectivity index (χ4v) is 4.76. The Kier molecular flexibility index (Phi) is 6.82. The van der Waals surface area contributed by atoms with Crippen molar-refractivity contribution in [1.29, 1.82) is 0 Å². The molecular weight excluding hydrogens is 412 g/mol. The molecule has 3 rings (SSSR count). The Bertz CT molecular complexity index is 955. The maximum absolute atomic E-state index is 12.7. The summed E-state index contributed by atoms with van der Waals surface area (Å²) in [5.41, 5.74) is 1.00. The first-order valence-corrected chi connectivity index (χ1v) is 11.4. The summed E-state index contributed by atoms with van der Waals surface area (Å²) < 4.78 is 33.5. The van der Waals surface area contributed by atoms with Gasteiger partial charge >= 0.3 is 0 Å². The number of hydrogen-bond acceptors (Lipinski definition) is 4. The van der Waals surface area contributed by atoms with Crippen LogP contribution in [0, 0.1) is 6.92 Å². The van der Waals surface area contributed by atoms with Gasteiger partial charge in [-0.15, -0.1) is 0 Å². The van der Waals surface area contributed by atoms with Crippen LogP contribution in [0.1, 0.15) is 25.3 Å². The molecule has 0 unspecified atom stereocenters. The van der Waals surface area contributed by atoms with Crippen LogP contribution in [-0.2, 0) is 14.8 Å². The SMILES string of the molecule is Cc1ccc(S(=O)(=O)NC2CCN(C(=O)[C@H](C)Oc3cccc(Cl)c3)CC2)cc1. The van der Waals surface area contributed by atoms with E-state index < -0.39 is 16.1 Å². The van der Waals surface area contributed by atoms with E-state index in [0.29, 0.717) is 36.7 Å². The topological polar surface area (TPSA) is 75.7 Å². The van der Waals surface area contributed by atoms with E-state index in [1.807, 2.05) is 6.92 Å². The number of carbonyl (C=O) groups is 1. The molecule has 1 aliphatic heterocycles. The van der Waals surface area contributed by atoms with Gasteiger partial charge in [-0.3, -0.25) is 4.79 Å². The number of likely N-dealkylation sites (tertiary alicyclic amines) is 1. The Morgan fingerprint density at radius 1 is 1.17 bits per heavy atom. The molecule has 1 N–H and O–H groups in total. The summed E-state index contributed by atoms with van der Waals surface area (Å²) in [6.07, 6.45) is 0.468. The number of carbonyl (C=O) groups excluding carboxylic acids is 1. The molecule has 0 radical (unpaired) electrons.